The summed E-state index contributed by atoms with van der Waals surface area (Å²) in [4.78, 5) is 13.2. The van der Waals surface area contributed by atoms with Gasteiger partial charge >= 0.3 is 0 Å². The molecule has 1 amide bonds. The van der Waals surface area contributed by atoms with Crippen LogP contribution in [0.2, 0.25) is 10.3 Å². The number of nitrogens with zero attached hydrogens (tertiary/aromatic N) is 3. The maximum Gasteiger partial charge on any atom is 0.222 e. The molecule has 0 bridgehead atoms. The maximum atomic E-state index is 11.2. The average molecular weight is 275 g/mol. The summed E-state index contributed by atoms with van der Waals surface area (Å²) in [5.41, 5.74) is 6.03. The minimum absolute atomic E-state index is 0.147. The van der Waals surface area contributed by atoms with Crippen LogP contribution in [0.4, 0.5) is 5.69 Å². The number of hydrogen-bond donors (Lipinski definition) is 1. The Kier molecular flexibility index (Phi) is 3.69. The molecule has 0 radical (unpaired) electrons. The Labute approximate surface area is 109 Å². The van der Waals surface area contributed by atoms with Crippen LogP contribution in [0.25, 0.3) is 0 Å². The van der Waals surface area contributed by atoms with Crippen LogP contribution in [0.3, 0.4) is 0 Å². The summed E-state index contributed by atoms with van der Waals surface area (Å²) in [7, 11) is 0. The largest absolute Gasteiger partial charge is 0.369 e. The molecule has 1 aliphatic heterocycles. The molecule has 2 N–H and O–H groups in total. The van der Waals surface area contributed by atoms with Crippen molar-refractivity contribution in [3.05, 3.63) is 16.4 Å². The lowest BCUT2D eigenvalue weighted by molar-refractivity contribution is -0.122. The Bertz CT molecular complexity index is 440. The maximum absolute atomic E-state index is 11.2. The highest BCUT2D eigenvalue weighted by Gasteiger charge is 2.25. The van der Waals surface area contributed by atoms with Gasteiger partial charge in [-0.05, 0) is 12.8 Å². The van der Waals surface area contributed by atoms with Gasteiger partial charge in [-0.2, -0.15) is 0 Å². The number of anilines is 1. The minimum Gasteiger partial charge on any atom is -0.369 e. The van der Waals surface area contributed by atoms with Crippen LogP contribution >= 0.6 is 23.2 Å². The Morgan fingerprint density at radius 3 is 2.94 bits per heavy atom. The first-order valence-electron chi connectivity index (χ1n) is 5.31. The highest BCUT2D eigenvalue weighted by Crippen LogP contribution is 2.29. The van der Waals surface area contributed by atoms with E-state index >= 15 is 0 Å². The first-order chi connectivity index (χ1) is 8.08. The van der Waals surface area contributed by atoms with Crippen molar-refractivity contribution < 1.29 is 4.79 Å². The Hall–Kier alpha value is -1.07. The number of halogens is 2. The second-order valence-electron chi connectivity index (χ2n) is 4.03. The van der Waals surface area contributed by atoms with Gasteiger partial charge in [-0.15, -0.1) is 10.2 Å². The van der Waals surface area contributed by atoms with E-state index < -0.39 is 0 Å². The van der Waals surface area contributed by atoms with Crippen molar-refractivity contribution in [2.75, 3.05) is 18.0 Å². The standard InChI is InChI=1S/C10H12Cl2N4O/c11-8-4-7(9(12)15-14-8)16-3-1-2-6(5-16)10(13)17/h4,6H,1-3,5H2,(H2,13,17). The summed E-state index contributed by atoms with van der Waals surface area (Å²) >= 11 is 11.8. The molecule has 1 atom stereocenters. The van der Waals surface area contributed by atoms with Crippen molar-refractivity contribution >= 4 is 34.8 Å². The summed E-state index contributed by atoms with van der Waals surface area (Å²) in [5, 5.41) is 7.98. The molecule has 0 saturated carbocycles. The van der Waals surface area contributed by atoms with Crippen LogP contribution in [0.15, 0.2) is 6.07 Å². The van der Waals surface area contributed by atoms with E-state index in [1.54, 1.807) is 6.07 Å². The van der Waals surface area contributed by atoms with Gasteiger partial charge in [-0.25, -0.2) is 0 Å². The van der Waals surface area contributed by atoms with Crippen molar-refractivity contribution in [3.63, 3.8) is 0 Å². The highest BCUT2D eigenvalue weighted by molar-refractivity contribution is 6.33. The molecule has 1 unspecified atom stereocenters. The summed E-state index contributed by atoms with van der Waals surface area (Å²) in [6, 6.07) is 1.65. The number of amides is 1. The summed E-state index contributed by atoms with van der Waals surface area (Å²) in [5.74, 6) is -0.425. The first-order valence-corrected chi connectivity index (χ1v) is 6.06. The van der Waals surface area contributed by atoms with E-state index in [0.717, 1.165) is 19.4 Å². The molecule has 17 heavy (non-hydrogen) atoms. The number of carbonyl (C=O) groups excluding carboxylic acids is 1. The Morgan fingerprint density at radius 2 is 2.24 bits per heavy atom. The van der Waals surface area contributed by atoms with Gasteiger partial charge in [0.15, 0.2) is 10.3 Å². The van der Waals surface area contributed by atoms with Gasteiger partial charge < -0.3 is 10.6 Å². The van der Waals surface area contributed by atoms with E-state index in [2.05, 4.69) is 10.2 Å². The summed E-state index contributed by atoms with van der Waals surface area (Å²) in [6.45, 7) is 1.36. The van der Waals surface area contributed by atoms with E-state index in [0.29, 0.717) is 17.4 Å². The SMILES string of the molecule is NC(=O)C1CCCN(c2cc(Cl)nnc2Cl)C1. The van der Waals surface area contributed by atoms with Crippen LogP contribution in [-0.2, 0) is 4.79 Å². The van der Waals surface area contributed by atoms with Gasteiger partial charge in [0, 0.05) is 19.2 Å². The Balaban J connectivity index is 2.21. The van der Waals surface area contributed by atoms with Gasteiger partial charge in [0.1, 0.15) is 0 Å². The molecular weight excluding hydrogens is 263 g/mol. The van der Waals surface area contributed by atoms with Crippen LogP contribution < -0.4 is 10.6 Å². The zero-order chi connectivity index (χ0) is 12.4. The summed E-state index contributed by atoms with van der Waals surface area (Å²) < 4.78 is 0. The number of carbonyl (C=O) groups is 1. The molecular formula is C10H12Cl2N4O. The van der Waals surface area contributed by atoms with Crippen molar-refractivity contribution in [2.24, 2.45) is 11.7 Å². The quantitative estimate of drug-likeness (QED) is 0.887. The lowest BCUT2D eigenvalue weighted by Crippen LogP contribution is -2.41. The molecule has 5 nitrogen and oxygen atoms in total. The number of primary amides is 1. The smallest absolute Gasteiger partial charge is 0.222 e. The van der Waals surface area contributed by atoms with Crippen molar-refractivity contribution in [3.8, 4) is 0 Å². The third kappa shape index (κ3) is 2.79. The zero-order valence-corrected chi connectivity index (χ0v) is 10.6. The summed E-state index contributed by atoms with van der Waals surface area (Å²) in [6.07, 6.45) is 1.71. The van der Waals surface area contributed by atoms with Gasteiger partial charge in [0.25, 0.3) is 0 Å². The van der Waals surface area contributed by atoms with Crippen LogP contribution in [0.5, 0.6) is 0 Å². The third-order valence-corrected chi connectivity index (χ3v) is 3.32. The molecule has 2 rings (SSSR count). The third-order valence-electron chi connectivity index (χ3n) is 2.86. The number of aromatic nitrogens is 2. The van der Waals surface area contributed by atoms with Gasteiger partial charge in [0.05, 0.1) is 11.6 Å². The molecule has 0 aliphatic carbocycles. The fraction of sp³-hybridized carbons (Fsp3) is 0.500. The average Bonchev–Trinajstić information content (AvgIpc) is 2.32. The molecule has 0 aromatic carbocycles. The number of rotatable bonds is 2. The number of piperidine rings is 1. The van der Waals surface area contributed by atoms with Crippen LogP contribution in [-0.4, -0.2) is 29.2 Å². The normalized spacial score (nSPS) is 20.4. The van der Waals surface area contributed by atoms with Crippen LogP contribution in [0.1, 0.15) is 12.8 Å². The van der Waals surface area contributed by atoms with Crippen molar-refractivity contribution in [1.29, 1.82) is 0 Å². The number of hydrogen-bond acceptors (Lipinski definition) is 4. The molecule has 1 fully saturated rings. The van der Waals surface area contributed by atoms with Crippen molar-refractivity contribution in [2.45, 2.75) is 12.8 Å². The molecule has 1 aliphatic rings. The fourth-order valence-corrected chi connectivity index (χ4v) is 2.35. The topological polar surface area (TPSA) is 72.1 Å². The zero-order valence-electron chi connectivity index (χ0n) is 9.07. The van der Waals surface area contributed by atoms with Gasteiger partial charge in [0.2, 0.25) is 5.91 Å². The van der Waals surface area contributed by atoms with E-state index in [9.17, 15) is 4.79 Å². The first kappa shape index (κ1) is 12.4. The predicted octanol–water partition coefficient (Wildman–Crippen LogP) is 1.49. The van der Waals surface area contributed by atoms with E-state index in [1.807, 2.05) is 4.90 Å². The molecule has 2 heterocycles. The van der Waals surface area contributed by atoms with Gasteiger partial charge in [-0.1, -0.05) is 23.2 Å². The Morgan fingerprint density at radius 1 is 1.47 bits per heavy atom. The lowest BCUT2D eigenvalue weighted by atomic mass is 9.97. The van der Waals surface area contributed by atoms with E-state index in [-0.39, 0.29) is 17.0 Å². The van der Waals surface area contributed by atoms with E-state index in [4.69, 9.17) is 28.9 Å². The number of nitrogens with two attached hydrogens (primary N) is 1. The molecule has 1 saturated heterocycles. The molecule has 0 spiro atoms. The highest BCUT2D eigenvalue weighted by atomic mass is 35.5. The fourth-order valence-electron chi connectivity index (χ4n) is 1.99. The molecule has 92 valence electrons. The van der Waals surface area contributed by atoms with E-state index in [1.165, 1.54) is 0 Å². The predicted molar refractivity (Wildman–Crippen MR) is 66.2 cm³/mol. The molecule has 1 aromatic heterocycles. The molecule has 7 heteroatoms. The monoisotopic (exact) mass is 274 g/mol. The van der Waals surface area contributed by atoms with Crippen molar-refractivity contribution in [1.82, 2.24) is 10.2 Å². The van der Waals surface area contributed by atoms with Gasteiger partial charge in [-0.3, -0.25) is 4.79 Å². The van der Waals surface area contributed by atoms with Crippen LogP contribution in [0, 0.1) is 5.92 Å². The second-order valence-corrected chi connectivity index (χ2v) is 4.78. The minimum atomic E-state index is -0.279. The second kappa shape index (κ2) is 5.06. The molecule has 1 aromatic rings. The lowest BCUT2D eigenvalue weighted by Gasteiger charge is -2.33.